The third-order valence-electron chi connectivity index (χ3n) is 4.99. The van der Waals surface area contributed by atoms with Crippen molar-refractivity contribution in [3.63, 3.8) is 0 Å². The van der Waals surface area contributed by atoms with Gasteiger partial charge in [0.05, 0.1) is 13.1 Å². The largest absolute Gasteiger partial charge is 0.339 e. The van der Waals surface area contributed by atoms with Gasteiger partial charge in [0.25, 0.3) is 0 Å². The highest BCUT2D eigenvalue weighted by molar-refractivity contribution is 5.92. The van der Waals surface area contributed by atoms with Crippen molar-refractivity contribution in [1.29, 1.82) is 0 Å². The molecule has 1 aromatic carbocycles. The molecular weight excluding hydrogens is 352 g/mol. The molecule has 1 saturated heterocycles. The lowest BCUT2D eigenvalue weighted by molar-refractivity contribution is -0.132. The Bertz CT molecular complexity index is 581. The summed E-state index contributed by atoms with van der Waals surface area (Å²) in [5.74, 6) is 0.664. The van der Waals surface area contributed by atoms with Crippen LogP contribution in [0.5, 0.6) is 0 Å². The summed E-state index contributed by atoms with van der Waals surface area (Å²) in [6.07, 6.45) is 1.11. The Balaban J connectivity index is 0.00000190. The van der Waals surface area contributed by atoms with Gasteiger partial charge in [0.2, 0.25) is 11.8 Å². The second kappa shape index (κ2) is 13.3. The van der Waals surface area contributed by atoms with Crippen molar-refractivity contribution in [3.8, 4) is 0 Å². The molecule has 0 saturated carbocycles. The number of carbonyl (C=O) groups is 2. The molecule has 28 heavy (non-hydrogen) atoms. The first-order valence-electron chi connectivity index (χ1n) is 10.6. The zero-order chi connectivity index (χ0) is 20.9. The number of likely N-dealkylation sites (N-methyl/N-ethyl adjacent to an activating group) is 1. The highest BCUT2D eigenvalue weighted by atomic mass is 16.2. The van der Waals surface area contributed by atoms with E-state index in [0.29, 0.717) is 32.1 Å². The molecule has 6 heteroatoms. The summed E-state index contributed by atoms with van der Waals surface area (Å²) >= 11 is 0. The maximum atomic E-state index is 12.3. The Labute approximate surface area is 170 Å². The molecule has 0 spiro atoms. The first-order valence-corrected chi connectivity index (χ1v) is 10.6. The van der Waals surface area contributed by atoms with Crippen molar-refractivity contribution in [2.45, 2.75) is 47.0 Å². The predicted molar refractivity (Wildman–Crippen MR) is 117 cm³/mol. The Morgan fingerprint density at radius 2 is 1.64 bits per heavy atom. The van der Waals surface area contributed by atoms with Gasteiger partial charge in [-0.05, 0) is 36.6 Å². The Morgan fingerprint density at radius 1 is 1.04 bits per heavy atom. The highest BCUT2D eigenvalue weighted by Crippen LogP contribution is 2.20. The van der Waals surface area contributed by atoms with Crippen molar-refractivity contribution >= 4 is 17.5 Å². The van der Waals surface area contributed by atoms with Gasteiger partial charge in [-0.1, -0.05) is 46.8 Å². The third kappa shape index (κ3) is 7.98. The summed E-state index contributed by atoms with van der Waals surface area (Å²) in [7, 11) is 0. The second-order valence-corrected chi connectivity index (χ2v) is 6.92. The molecule has 6 nitrogen and oxygen atoms in total. The number of nitrogens with one attached hydrogen (secondary N) is 2. The molecule has 0 aliphatic carbocycles. The van der Waals surface area contributed by atoms with E-state index in [4.69, 9.17) is 0 Å². The molecule has 2 N–H and O–H groups in total. The molecule has 1 heterocycles. The van der Waals surface area contributed by atoms with Gasteiger partial charge >= 0.3 is 0 Å². The van der Waals surface area contributed by atoms with Crippen LogP contribution >= 0.6 is 0 Å². The molecule has 158 valence electrons. The highest BCUT2D eigenvalue weighted by Gasteiger charge is 2.22. The van der Waals surface area contributed by atoms with Crippen LogP contribution in [0.2, 0.25) is 0 Å². The van der Waals surface area contributed by atoms with Crippen LogP contribution in [0.4, 0.5) is 5.69 Å². The van der Waals surface area contributed by atoms with Gasteiger partial charge in [0.15, 0.2) is 0 Å². The second-order valence-electron chi connectivity index (χ2n) is 6.92. The summed E-state index contributed by atoms with van der Waals surface area (Å²) in [6.45, 7) is 14.8. The van der Waals surface area contributed by atoms with Crippen LogP contribution in [0.3, 0.4) is 0 Å². The number of anilines is 1. The van der Waals surface area contributed by atoms with Crippen molar-refractivity contribution in [3.05, 3.63) is 29.8 Å². The lowest BCUT2D eigenvalue weighted by Crippen LogP contribution is -2.52. The molecular formula is C22H38N4O2. The lowest BCUT2D eigenvalue weighted by Gasteiger charge is -2.34. The summed E-state index contributed by atoms with van der Waals surface area (Å²) in [4.78, 5) is 28.2. The first-order chi connectivity index (χ1) is 13.5. The minimum absolute atomic E-state index is 0.00582. The molecule has 1 aromatic rings. The van der Waals surface area contributed by atoms with Gasteiger partial charge in [-0.15, -0.1) is 0 Å². The molecule has 0 aromatic heterocycles. The van der Waals surface area contributed by atoms with Crippen LogP contribution in [-0.4, -0.2) is 67.4 Å². The van der Waals surface area contributed by atoms with Gasteiger partial charge in [-0.2, -0.15) is 0 Å². The van der Waals surface area contributed by atoms with Crippen LogP contribution in [0.25, 0.3) is 0 Å². The van der Waals surface area contributed by atoms with Gasteiger partial charge < -0.3 is 15.5 Å². The number of benzene rings is 1. The van der Waals surface area contributed by atoms with Gasteiger partial charge in [-0.25, -0.2) is 0 Å². The van der Waals surface area contributed by atoms with Crippen molar-refractivity contribution < 1.29 is 9.59 Å². The van der Waals surface area contributed by atoms with Gasteiger partial charge in [0, 0.05) is 31.9 Å². The average molecular weight is 391 g/mol. The third-order valence-corrected chi connectivity index (χ3v) is 4.99. The van der Waals surface area contributed by atoms with E-state index in [1.165, 1.54) is 5.56 Å². The van der Waals surface area contributed by atoms with Crippen LogP contribution in [-0.2, 0) is 9.59 Å². The zero-order valence-corrected chi connectivity index (χ0v) is 18.3. The van der Waals surface area contributed by atoms with Crippen molar-refractivity contribution in [2.75, 3.05) is 51.1 Å². The Kier molecular flexibility index (Phi) is 11.4. The van der Waals surface area contributed by atoms with Crippen LogP contribution in [0, 0.1) is 0 Å². The Morgan fingerprint density at radius 3 is 2.18 bits per heavy atom. The molecule has 2 rings (SSSR count). The van der Waals surface area contributed by atoms with Crippen LogP contribution in [0.15, 0.2) is 24.3 Å². The number of nitrogens with zero attached hydrogens (tertiary/aromatic N) is 2. The summed E-state index contributed by atoms with van der Waals surface area (Å²) < 4.78 is 0. The summed E-state index contributed by atoms with van der Waals surface area (Å²) in [5, 5.41) is 6.03. The Hall–Kier alpha value is -1.92. The number of hydrogen-bond donors (Lipinski definition) is 2. The van der Waals surface area contributed by atoms with Crippen LogP contribution < -0.4 is 10.6 Å². The number of piperazine rings is 1. The fraction of sp³-hybridized carbons (Fsp3) is 0.636. The molecule has 0 bridgehead atoms. The van der Waals surface area contributed by atoms with E-state index < -0.39 is 0 Å². The normalized spacial score (nSPS) is 15.4. The van der Waals surface area contributed by atoms with Gasteiger partial charge in [-0.3, -0.25) is 14.5 Å². The minimum atomic E-state index is -0.00582. The quantitative estimate of drug-likeness (QED) is 0.716. The maximum Gasteiger partial charge on any atom is 0.238 e. The maximum absolute atomic E-state index is 12.3. The molecule has 1 aliphatic rings. The number of rotatable bonds is 8. The van der Waals surface area contributed by atoms with E-state index in [-0.39, 0.29) is 11.8 Å². The lowest BCUT2D eigenvalue weighted by atomic mass is 9.99. The first kappa shape index (κ1) is 24.1. The molecule has 1 atom stereocenters. The topological polar surface area (TPSA) is 64.7 Å². The SMILES string of the molecule is CC.CCNCC(=O)N1CCN(CC(=O)Nc2ccc(C(C)CC)cc2)CC1. The average Bonchev–Trinajstić information content (AvgIpc) is 2.74. The molecule has 1 unspecified atom stereocenters. The number of hydrogen-bond acceptors (Lipinski definition) is 4. The number of amides is 2. The van der Waals surface area contributed by atoms with E-state index in [2.05, 4.69) is 41.5 Å². The molecule has 2 amide bonds. The van der Waals surface area contributed by atoms with E-state index in [1.807, 2.05) is 37.8 Å². The van der Waals surface area contributed by atoms with E-state index >= 15 is 0 Å². The summed E-state index contributed by atoms with van der Waals surface area (Å²) in [6, 6.07) is 8.10. The fourth-order valence-electron chi connectivity index (χ4n) is 3.03. The monoisotopic (exact) mass is 390 g/mol. The molecule has 1 fully saturated rings. The van der Waals surface area contributed by atoms with E-state index in [0.717, 1.165) is 31.7 Å². The summed E-state index contributed by atoms with van der Waals surface area (Å²) in [5.41, 5.74) is 2.13. The van der Waals surface area contributed by atoms with E-state index in [9.17, 15) is 9.59 Å². The van der Waals surface area contributed by atoms with E-state index in [1.54, 1.807) is 0 Å². The van der Waals surface area contributed by atoms with Crippen molar-refractivity contribution in [2.24, 2.45) is 0 Å². The predicted octanol–water partition coefficient (Wildman–Crippen LogP) is 2.92. The molecule has 1 aliphatic heterocycles. The fourth-order valence-corrected chi connectivity index (χ4v) is 3.03. The van der Waals surface area contributed by atoms with Gasteiger partial charge in [0.1, 0.15) is 0 Å². The zero-order valence-electron chi connectivity index (χ0n) is 18.3. The number of carbonyl (C=O) groups excluding carboxylic acids is 2. The smallest absolute Gasteiger partial charge is 0.238 e. The minimum Gasteiger partial charge on any atom is -0.339 e. The standard InChI is InChI=1S/C20H32N4O2.C2H6/c1-4-16(3)17-6-8-18(9-7-17)22-19(25)15-23-10-12-24(13-11-23)20(26)14-21-5-2;1-2/h6-9,16,21H,4-5,10-15H2,1-3H3,(H,22,25);1-2H3. The van der Waals surface area contributed by atoms with Crippen LogP contribution in [0.1, 0.15) is 52.5 Å². The van der Waals surface area contributed by atoms with Crippen molar-refractivity contribution in [1.82, 2.24) is 15.1 Å². The molecule has 0 radical (unpaired) electrons.